The van der Waals surface area contributed by atoms with E-state index in [1.807, 2.05) is 6.26 Å². The Kier molecular flexibility index (Phi) is 3.49. The highest BCUT2D eigenvalue weighted by atomic mass is 79.9. The highest BCUT2D eigenvalue weighted by molar-refractivity contribution is 9.10. The van der Waals surface area contributed by atoms with Crippen LogP contribution in [0.15, 0.2) is 38.3 Å². The Labute approximate surface area is 105 Å². The van der Waals surface area contributed by atoms with E-state index in [0.717, 1.165) is 15.6 Å². The lowest BCUT2D eigenvalue weighted by Gasteiger charge is -1.99. The van der Waals surface area contributed by atoms with Crippen molar-refractivity contribution in [3.05, 3.63) is 39.9 Å². The van der Waals surface area contributed by atoms with Gasteiger partial charge in [0, 0.05) is 15.4 Å². The molecule has 0 aliphatic heterocycles. The van der Waals surface area contributed by atoms with Gasteiger partial charge in [0.1, 0.15) is 5.82 Å². The van der Waals surface area contributed by atoms with Crippen LogP contribution >= 0.6 is 39.0 Å². The topological polar surface area (TPSA) is 0 Å². The van der Waals surface area contributed by atoms with Crippen molar-refractivity contribution in [2.75, 3.05) is 6.26 Å². The molecule has 0 fully saturated rings. The molecule has 0 nitrogen and oxygen atoms in total. The zero-order chi connectivity index (χ0) is 10.8. The van der Waals surface area contributed by atoms with E-state index in [9.17, 15) is 4.39 Å². The fraction of sp³-hybridized carbons (Fsp3) is 0.0909. The molecular weight excluding hydrogens is 295 g/mol. The van der Waals surface area contributed by atoms with Crippen LogP contribution in [-0.4, -0.2) is 6.26 Å². The van der Waals surface area contributed by atoms with Gasteiger partial charge < -0.3 is 0 Å². The number of halogens is 2. The Morgan fingerprint density at radius 2 is 1.93 bits per heavy atom. The molecule has 1 heterocycles. The predicted molar refractivity (Wildman–Crippen MR) is 69.2 cm³/mol. The fourth-order valence-corrected chi connectivity index (χ4v) is 4.06. The average molecular weight is 303 g/mol. The summed E-state index contributed by atoms with van der Waals surface area (Å²) in [6, 6.07) is 6.56. The first-order chi connectivity index (χ1) is 7.22. The molecule has 0 aliphatic carbocycles. The third-order valence-electron chi connectivity index (χ3n) is 2.04. The van der Waals surface area contributed by atoms with Crippen molar-refractivity contribution in [3.63, 3.8) is 0 Å². The molecule has 15 heavy (non-hydrogen) atoms. The molecule has 1 aromatic carbocycles. The maximum atomic E-state index is 12.8. The third-order valence-corrected chi connectivity index (χ3v) is 5.52. The van der Waals surface area contributed by atoms with Crippen molar-refractivity contribution in [2.24, 2.45) is 0 Å². The first-order valence-corrected chi connectivity index (χ1v) is 7.19. The van der Waals surface area contributed by atoms with Crippen LogP contribution in [0.2, 0.25) is 0 Å². The van der Waals surface area contributed by atoms with Gasteiger partial charge in [-0.2, -0.15) is 0 Å². The van der Waals surface area contributed by atoms with E-state index in [1.54, 1.807) is 35.2 Å². The number of hydrogen-bond donors (Lipinski definition) is 0. The van der Waals surface area contributed by atoms with Gasteiger partial charge in [0.05, 0.1) is 4.21 Å². The first-order valence-electron chi connectivity index (χ1n) is 4.29. The molecule has 0 N–H and O–H groups in total. The molecule has 4 heteroatoms. The van der Waals surface area contributed by atoms with Crippen molar-refractivity contribution in [3.8, 4) is 11.1 Å². The quantitative estimate of drug-likeness (QED) is 0.700. The summed E-state index contributed by atoms with van der Waals surface area (Å²) in [7, 11) is 0. The van der Waals surface area contributed by atoms with Gasteiger partial charge in [-0.25, -0.2) is 4.39 Å². The van der Waals surface area contributed by atoms with E-state index in [0.29, 0.717) is 0 Å². The first kappa shape index (κ1) is 11.2. The zero-order valence-corrected chi connectivity index (χ0v) is 11.2. The van der Waals surface area contributed by atoms with Crippen LogP contribution in [0.25, 0.3) is 11.1 Å². The number of rotatable bonds is 2. The second kappa shape index (κ2) is 4.68. The largest absolute Gasteiger partial charge is 0.207 e. The molecule has 0 bridgehead atoms. The lowest BCUT2D eigenvalue weighted by atomic mass is 10.1. The average Bonchev–Trinajstić information content (AvgIpc) is 2.61. The van der Waals surface area contributed by atoms with Gasteiger partial charge in [-0.05, 0) is 39.9 Å². The number of thiophene rings is 1. The lowest BCUT2D eigenvalue weighted by Crippen LogP contribution is -1.77. The minimum Gasteiger partial charge on any atom is -0.207 e. The summed E-state index contributed by atoms with van der Waals surface area (Å²) in [6.07, 6.45) is 2.05. The van der Waals surface area contributed by atoms with Crippen LogP contribution in [-0.2, 0) is 0 Å². The van der Waals surface area contributed by atoms with E-state index < -0.39 is 0 Å². The lowest BCUT2D eigenvalue weighted by molar-refractivity contribution is 0.628. The van der Waals surface area contributed by atoms with E-state index >= 15 is 0 Å². The fourth-order valence-electron chi connectivity index (χ4n) is 1.29. The van der Waals surface area contributed by atoms with Gasteiger partial charge in [-0.15, -0.1) is 23.1 Å². The van der Waals surface area contributed by atoms with Crippen molar-refractivity contribution < 1.29 is 4.39 Å². The molecule has 78 valence electrons. The Morgan fingerprint density at radius 1 is 1.27 bits per heavy atom. The van der Waals surface area contributed by atoms with Gasteiger partial charge >= 0.3 is 0 Å². The molecule has 0 aliphatic rings. The number of hydrogen-bond acceptors (Lipinski definition) is 2. The maximum Gasteiger partial charge on any atom is 0.123 e. The normalized spacial score (nSPS) is 10.6. The smallest absolute Gasteiger partial charge is 0.123 e. The summed E-state index contributed by atoms with van der Waals surface area (Å²) < 4.78 is 15.1. The van der Waals surface area contributed by atoms with Gasteiger partial charge in [0.2, 0.25) is 0 Å². The molecule has 0 amide bonds. The molecule has 0 saturated heterocycles. The van der Waals surface area contributed by atoms with Crippen LogP contribution < -0.4 is 0 Å². The predicted octanol–water partition coefficient (Wildman–Crippen LogP) is 5.04. The third kappa shape index (κ3) is 2.27. The number of thioether (sulfide) groups is 1. The molecule has 0 atom stereocenters. The molecule has 1 aromatic heterocycles. The highest BCUT2D eigenvalue weighted by Gasteiger charge is 2.09. The van der Waals surface area contributed by atoms with Gasteiger partial charge in [-0.1, -0.05) is 12.1 Å². The monoisotopic (exact) mass is 302 g/mol. The summed E-state index contributed by atoms with van der Waals surface area (Å²) in [4.78, 5) is 0. The van der Waals surface area contributed by atoms with Gasteiger partial charge in [0.25, 0.3) is 0 Å². The van der Waals surface area contributed by atoms with Gasteiger partial charge in [0.15, 0.2) is 0 Å². The minimum atomic E-state index is -0.199. The van der Waals surface area contributed by atoms with E-state index in [2.05, 4.69) is 21.3 Å². The molecule has 0 spiro atoms. The number of benzene rings is 1. The summed E-state index contributed by atoms with van der Waals surface area (Å²) >= 11 is 6.97. The molecule has 0 saturated carbocycles. The second-order valence-electron chi connectivity index (χ2n) is 2.96. The summed E-state index contributed by atoms with van der Waals surface area (Å²) in [5.41, 5.74) is 2.17. The second-order valence-corrected chi connectivity index (χ2v) is 5.71. The van der Waals surface area contributed by atoms with Crippen molar-refractivity contribution in [1.82, 2.24) is 0 Å². The van der Waals surface area contributed by atoms with Crippen LogP contribution in [0.5, 0.6) is 0 Å². The van der Waals surface area contributed by atoms with Crippen molar-refractivity contribution >= 4 is 39.0 Å². The Hall–Kier alpha value is -0.320. The Bertz CT molecular complexity index is 462. The summed E-state index contributed by atoms with van der Waals surface area (Å²) in [5, 5.41) is 2.09. The van der Waals surface area contributed by atoms with Crippen LogP contribution in [0.3, 0.4) is 0 Å². The van der Waals surface area contributed by atoms with Crippen LogP contribution in [0.1, 0.15) is 0 Å². The Balaban J connectivity index is 2.45. The minimum absolute atomic E-state index is 0.199. The van der Waals surface area contributed by atoms with Crippen molar-refractivity contribution in [1.29, 1.82) is 0 Å². The summed E-state index contributed by atoms with van der Waals surface area (Å²) in [6.45, 7) is 0. The highest BCUT2D eigenvalue weighted by Crippen LogP contribution is 2.40. The van der Waals surface area contributed by atoms with E-state index in [1.165, 1.54) is 16.3 Å². The SMILES string of the molecule is CSc1scc(-c2ccc(F)cc2)c1Br. The van der Waals surface area contributed by atoms with E-state index in [-0.39, 0.29) is 5.82 Å². The van der Waals surface area contributed by atoms with E-state index in [4.69, 9.17) is 0 Å². The maximum absolute atomic E-state index is 12.8. The van der Waals surface area contributed by atoms with Crippen LogP contribution in [0, 0.1) is 5.82 Å². The molecule has 2 aromatic rings. The van der Waals surface area contributed by atoms with Crippen LogP contribution in [0.4, 0.5) is 4.39 Å². The Morgan fingerprint density at radius 3 is 2.47 bits per heavy atom. The molecule has 0 unspecified atom stereocenters. The van der Waals surface area contributed by atoms with Gasteiger partial charge in [-0.3, -0.25) is 0 Å². The molecular formula is C11H8BrFS2. The standard InChI is InChI=1S/C11H8BrFS2/c1-14-11-10(12)9(6-15-11)7-2-4-8(13)5-3-7/h2-6H,1H3. The summed E-state index contributed by atoms with van der Waals surface area (Å²) in [5.74, 6) is -0.199. The molecule has 0 radical (unpaired) electrons. The van der Waals surface area contributed by atoms with Crippen molar-refractivity contribution in [2.45, 2.75) is 4.21 Å². The zero-order valence-electron chi connectivity index (χ0n) is 7.96. The molecule has 2 rings (SSSR count).